The highest BCUT2D eigenvalue weighted by Crippen LogP contribution is 2.16. The molecule has 136 valence electrons. The molecule has 0 spiro atoms. The summed E-state index contributed by atoms with van der Waals surface area (Å²) >= 11 is 1.48. The molecule has 0 aliphatic carbocycles. The molecule has 0 aliphatic rings. The number of amides is 1. The maximum atomic E-state index is 11.4. The van der Waals surface area contributed by atoms with E-state index in [4.69, 9.17) is 5.21 Å². The summed E-state index contributed by atoms with van der Waals surface area (Å²) in [5.74, 6) is 6.06. The van der Waals surface area contributed by atoms with Crippen LogP contribution in [0.1, 0.15) is 42.4 Å². The fourth-order valence-electron chi connectivity index (χ4n) is 2.68. The Morgan fingerprint density at radius 2 is 1.65 bits per heavy atom. The standard InChI is InChI=1S/C22H25NO2S/c1-26-21(22(24)23-25)11-7-3-6-10-19-13-16-20(17-14-19)15-12-18-8-4-2-5-9-18/h2,4-5,8-9,13-14,16-17,21,25H,3,6-7,10-11H2,1H3,(H,23,24). The fourth-order valence-corrected chi connectivity index (χ4v) is 3.35. The van der Waals surface area contributed by atoms with Crippen LogP contribution in [-0.2, 0) is 11.2 Å². The van der Waals surface area contributed by atoms with Crippen molar-refractivity contribution in [2.75, 3.05) is 6.26 Å². The zero-order chi connectivity index (χ0) is 18.6. The molecule has 2 aromatic carbocycles. The van der Waals surface area contributed by atoms with Crippen molar-refractivity contribution in [1.29, 1.82) is 0 Å². The van der Waals surface area contributed by atoms with Gasteiger partial charge in [-0.1, -0.05) is 55.0 Å². The Balaban J connectivity index is 1.73. The largest absolute Gasteiger partial charge is 0.289 e. The highest BCUT2D eigenvalue weighted by Gasteiger charge is 2.15. The van der Waals surface area contributed by atoms with E-state index in [1.54, 1.807) is 5.48 Å². The van der Waals surface area contributed by atoms with Crippen LogP contribution < -0.4 is 5.48 Å². The molecule has 0 bridgehead atoms. The Morgan fingerprint density at radius 3 is 2.27 bits per heavy atom. The highest BCUT2D eigenvalue weighted by atomic mass is 32.2. The Hall–Kier alpha value is -2.22. The predicted octanol–water partition coefficient (Wildman–Crippen LogP) is 4.43. The summed E-state index contributed by atoms with van der Waals surface area (Å²) in [6, 6.07) is 18.4. The molecule has 1 atom stereocenters. The lowest BCUT2D eigenvalue weighted by atomic mass is 10.0. The third-order valence-electron chi connectivity index (χ3n) is 4.20. The smallest absolute Gasteiger partial charge is 0.256 e. The number of hydrogen-bond acceptors (Lipinski definition) is 3. The molecule has 2 N–H and O–H groups in total. The number of aryl methyl sites for hydroxylation is 1. The maximum Gasteiger partial charge on any atom is 0.256 e. The topological polar surface area (TPSA) is 49.3 Å². The molecule has 0 saturated heterocycles. The molecule has 2 aromatic rings. The van der Waals surface area contributed by atoms with Crippen LogP contribution in [0.4, 0.5) is 0 Å². The number of unbranched alkanes of at least 4 members (excludes halogenated alkanes) is 2. The number of carbonyl (C=O) groups is 1. The second-order valence-electron chi connectivity index (χ2n) is 6.11. The van der Waals surface area contributed by atoms with Crippen LogP contribution >= 0.6 is 11.8 Å². The van der Waals surface area contributed by atoms with Gasteiger partial charge in [0.25, 0.3) is 5.91 Å². The lowest BCUT2D eigenvalue weighted by Gasteiger charge is -2.11. The minimum absolute atomic E-state index is 0.164. The molecule has 26 heavy (non-hydrogen) atoms. The lowest BCUT2D eigenvalue weighted by molar-refractivity contribution is -0.128. The second-order valence-corrected chi connectivity index (χ2v) is 7.15. The van der Waals surface area contributed by atoms with Gasteiger partial charge in [-0.3, -0.25) is 10.0 Å². The fraction of sp³-hybridized carbons (Fsp3) is 0.318. The van der Waals surface area contributed by atoms with Crippen molar-refractivity contribution < 1.29 is 10.0 Å². The Morgan fingerprint density at radius 1 is 1.00 bits per heavy atom. The summed E-state index contributed by atoms with van der Waals surface area (Å²) in [4.78, 5) is 11.4. The van der Waals surface area contributed by atoms with Gasteiger partial charge in [-0.2, -0.15) is 11.8 Å². The number of hydroxylamine groups is 1. The van der Waals surface area contributed by atoms with E-state index in [1.165, 1.54) is 17.3 Å². The van der Waals surface area contributed by atoms with Gasteiger partial charge in [0, 0.05) is 11.1 Å². The average molecular weight is 368 g/mol. The van der Waals surface area contributed by atoms with Gasteiger partial charge >= 0.3 is 0 Å². The summed E-state index contributed by atoms with van der Waals surface area (Å²) in [7, 11) is 0. The van der Waals surface area contributed by atoms with Crippen LogP contribution in [0.5, 0.6) is 0 Å². The van der Waals surface area contributed by atoms with Crippen molar-refractivity contribution in [3.05, 3.63) is 71.3 Å². The van der Waals surface area contributed by atoms with E-state index in [0.29, 0.717) is 0 Å². The van der Waals surface area contributed by atoms with Crippen molar-refractivity contribution in [2.24, 2.45) is 0 Å². The lowest BCUT2D eigenvalue weighted by Crippen LogP contribution is -2.29. The summed E-state index contributed by atoms with van der Waals surface area (Å²) in [6.07, 6.45) is 6.87. The van der Waals surface area contributed by atoms with E-state index in [-0.39, 0.29) is 11.2 Å². The molecular weight excluding hydrogens is 342 g/mol. The molecule has 1 amide bonds. The third kappa shape index (κ3) is 6.95. The Kier molecular flexibility index (Phi) is 8.82. The van der Waals surface area contributed by atoms with Gasteiger partial charge in [-0.25, -0.2) is 5.48 Å². The molecule has 0 aliphatic heterocycles. The minimum atomic E-state index is -0.301. The molecule has 2 rings (SSSR count). The molecule has 0 fully saturated rings. The number of carbonyl (C=O) groups excluding carboxylic acids is 1. The summed E-state index contributed by atoms with van der Waals surface area (Å²) in [5, 5.41) is 8.53. The van der Waals surface area contributed by atoms with E-state index in [0.717, 1.165) is 43.2 Å². The van der Waals surface area contributed by atoms with Gasteiger partial charge in [0.15, 0.2) is 0 Å². The number of thioether (sulfide) groups is 1. The van der Waals surface area contributed by atoms with E-state index in [9.17, 15) is 4.79 Å². The predicted molar refractivity (Wildman–Crippen MR) is 108 cm³/mol. The van der Waals surface area contributed by atoms with Crippen LogP contribution in [0.3, 0.4) is 0 Å². The molecule has 1 unspecified atom stereocenters. The van der Waals surface area contributed by atoms with Crippen LogP contribution in [0.2, 0.25) is 0 Å². The third-order valence-corrected chi connectivity index (χ3v) is 5.22. The molecule has 0 heterocycles. The molecule has 0 radical (unpaired) electrons. The van der Waals surface area contributed by atoms with Crippen LogP contribution in [-0.4, -0.2) is 22.6 Å². The van der Waals surface area contributed by atoms with Gasteiger partial charge in [0.2, 0.25) is 0 Å². The zero-order valence-electron chi connectivity index (χ0n) is 15.1. The first-order chi connectivity index (χ1) is 12.7. The summed E-state index contributed by atoms with van der Waals surface area (Å²) < 4.78 is 0. The first-order valence-electron chi connectivity index (χ1n) is 8.85. The number of rotatable bonds is 8. The van der Waals surface area contributed by atoms with Gasteiger partial charge in [-0.15, -0.1) is 0 Å². The Bertz CT molecular complexity index is 732. The minimum Gasteiger partial charge on any atom is -0.289 e. The monoisotopic (exact) mass is 367 g/mol. The average Bonchev–Trinajstić information content (AvgIpc) is 2.70. The summed E-state index contributed by atoms with van der Waals surface area (Å²) in [6.45, 7) is 0. The molecule has 0 aromatic heterocycles. The molecular formula is C22H25NO2S. The number of benzene rings is 2. The van der Waals surface area contributed by atoms with Crippen LogP contribution in [0.25, 0.3) is 0 Å². The quantitative estimate of drug-likeness (QED) is 0.314. The molecule has 0 saturated carbocycles. The summed E-state index contributed by atoms with van der Waals surface area (Å²) in [5.41, 5.74) is 5.09. The zero-order valence-corrected chi connectivity index (χ0v) is 15.9. The van der Waals surface area contributed by atoms with E-state index < -0.39 is 0 Å². The van der Waals surface area contributed by atoms with Crippen LogP contribution in [0.15, 0.2) is 54.6 Å². The van der Waals surface area contributed by atoms with Crippen molar-refractivity contribution >= 4 is 17.7 Å². The van der Waals surface area contributed by atoms with Gasteiger partial charge < -0.3 is 0 Å². The first kappa shape index (κ1) is 20.1. The Labute approximate surface area is 160 Å². The van der Waals surface area contributed by atoms with E-state index >= 15 is 0 Å². The van der Waals surface area contributed by atoms with Crippen molar-refractivity contribution in [1.82, 2.24) is 5.48 Å². The van der Waals surface area contributed by atoms with E-state index in [2.05, 4.69) is 36.1 Å². The number of nitrogens with one attached hydrogen (secondary N) is 1. The van der Waals surface area contributed by atoms with Gasteiger partial charge in [-0.05, 0) is 55.3 Å². The van der Waals surface area contributed by atoms with Crippen molar-refractivity contribution in [3.63, 3.8) is 0 Å². The van der Waals surface area contributed by atoms with Gasteiger partial charge in [0.1, 0.15) is 0 Å². The highest BCUT2D eigenvalue weighted by molar-refractivity contribution is 7.99. The number of hydrogen-bond donors (Lipinski definition) is 2. The van der Waals surface area contributed by atoms with Crippen LogP contribution in [0, 0.1) is 11.8 Å². The van der Waals surface area contributed by atoms with Gasteiger partial charge in [0.05, 0.1) is 5.25 Å². The molecule has 4 heteroatoms. The SMILES string of the molecule is CSC(CCCCCc1ccc(C#Cc2ccccc2)cc1)C(=O)NO. The normalized spacial score (nSPS) is 11.3. The molecule has 3 nitrogen and oxygen atoms in total. The van der Waals surface area contributed by atoms with E-state index in [1.807, 2.05) is 36.6 Å². The first-order valence-corrected chi connectivity index (χ1v) is 10.1. The van der Waals surface area contributed by atoms with Crippen molar-refractivity contribution in [2.45, 2.75) is 37.4 Å². The maximum absolute atomic E-state index is 11.4. The van der Waals surface area contributed by atoms with Crippen molar-refractivity contribution in [3.8, 4) is 11.8 Å². The second kappa shape index (κ2) is 11.4.